The molecule has 14 heavy (non-hydrogen) atoms. The van der Waals surface area contributed by atoms with Crippen LogP contribution in [0.2, 0.25) is 0 Å². The summed E-state index contributed by atoms with van der Waals surface area (Å²) < 4.78 is 35.1. The van der Waals surface area contributed by atoms with Crippen LogP contribution >= 0.6 is 0 Å². The molecule has 0 amide bonds. The van der Waals surface area contributed by atoms with Crippen molar-refractivity contribution in [3.05, 3.63) is 0 Å². The number of halogens is 3. The van der Waals surface area contributed by atoms with Crippen molar-refractivity contribution in [3.8, 4) is 0 Å². The Balaban J connectivity index is 3.21. The highest BCUT2D eigenvalue weighted by Crippen LogP contribution is 2.20. The second-order valence-electron chi connectivity index (χ2n) is 3.37. The first kappa shape index (κ1) is 13.7. The van der Waals surface area contributed by atoms with E-state index in [4.69, 9.17) is 0 Å². The van der Waals surface area contributed by atoms with Crippen molar-refractivity contribution in [2.75, 3.05) is 13.1 Å². The van der Waals surface area contributed by atoms with E-state index >= 15 is 0 Å². The van der Waals surface area contributed by atoms with Gasteiger partial charge in [0.05, 0.1) is 6.10 Å². The lowest BCUT2D eigenvalue weighted by Crippen LogP contribution is -2.28. The molecule has 0 aliphatic rings. The average Bonchev–Trinajstić information content (AvgIpc) is 2.02. The van der Waals surface area contributed by atoms with Crippen LogP contribution in [0.25, 0.3) is 0 Å². The lowest BCUT2D eigenvalue weighted by atomic mass is 10.2. The minimum atomic E-state index is -4.07. The maximum atomic E-state index is 11.7. The average molecular weight is 213 g/mol. The number of aliphatic hydroxyl groups is 1. The second kappa shape index (κ2) is 7.06. The zero-order chi connectivity index (χ0) is 11.0. The van der Waals surface area contributed by atoms with E-state index in [-0.39, 0.29) is 6.42 Å². The number of aliphatic hydroxyl groups excluding tert-OH is 1. The summed E-state index contributed by atoms with van der Waals surface area (Å²) in [4.78, 5) is 0. The lowest BCUT2D eigenvalue weighted by Gasteiger charge is -2.11. The molecule has 5 heteroatoms. The van der Waals surface area contributed by atoms with E-state index in [1.807, 2.05) is 6.92 Å². The number of nitrogens with one attached hydrogen (secondary N) is 1. The summed E-state index contributed by atoms with van der Waals surface area (Å²) in [6.07, 6.45) is -3.63. The summed E-state index contributed by atoms with van der Waals surface area (Å²) in [6.45, 7) is 2.64. The van der Waals surface area contributed by atoms with Crippen LogP contribution in [0.5, 0.6) is 0 Å². The maximum Gasteiger partial charge on any atom is 0.389 e. The summed E-state index contributed by atoms with van der Waals surface area (Å²) in [7, 11) is 0. The monoisotopic (exact) mass is 213 g/mol. The van der Waals surface area contributed by atoms with E-state index < -0.39 is 18.7 Å². The first-order valence-electron chi connectivity index (χ1n) is 4.91. The molecule has 1 unspecified atom stereocenters. The molecule has 0 aliphatic carbocycles. The minimum Gasteiger partial charge on any atom is -0.392 e. The Morgan fingerprint density at radius 1 is 1.36 bits per heavy atom. The highest BCUT2D eigenvalue weighted by molar-refractivity contribution is 4.59. The van der Waals surface area contributed by atoms with Crippen LogP contribution in [0.1, 0.15) is 32.6 Å². The first-order valence-corrected chi connectivity index (χ1v) is 4.91. The third-order valence-electron chi connectivity index (χ3n) is 1.82. The van der Waals surface area contributed by atoms with Crippen molar-refractivity contribution in [1.29, 1.82) is 0 Å². The topological polar surface area (TPSA) is 32.3 Å². The van der Waals surface area contributed by atoms with Gasteiger partial charge in [0, 0.05) is 13.0 Å². The SMILES string of the molecule is CCCC(O)CNCCCC(F)(F)F. The first-order chi connectivity index (χ1) is 6.45. The second-order valence-corrected chi connectivity index (χ2v) is 3.37. The Hall–Kier alpha value is -0.290. The zero-order valence-electron chi connectivity index (χ0n) is 8.40. The summed E-state index contributed by atoms with van der Waals surface area (Å²) >= 11 is 0. The molecule has 0 bridgehead atoms. The van der Waals surface area contributed by atoms with Crippen LogP contribution in [0.15, 0.2) is 0 Å². The molecule has 2 nitrogen and oxygen atoms in total. The third kappa shape index (κ3) is 9.80. The van der Waals surface area contributed by atoms with Crippen LogP contribution in [-0.4, -0.2) is 30.5 Å². The van der Waals surface area contributed by atoms with Gasteiger partial charge in [-0.3, -0.25) is 0 Å². The third-order valence-corrected chi connectivity index (χ3v) is 1.82. The van der Waals surface area contributed by atoms with E-state index in [1.165, 1.54) is 0 Å². The van der Waals surface area contributed by atoms with Crippen LogP contribution in [0, 0.1) is 0 Å². The van der Waals surface area contributed by atoms with Gasteiger partial charge in [0.15, 0.2) is 0 Å². The van der Waals surface area contributed by atoms with Gasteiger partial charge in [-0.2, -0.15) is 13.2 Å². The predicted octanol–water partition coefficient (Wildman–Crippen LogP) is 2.08. The van der Waals surface area contributed by atoms with Gasteiger partial charge in [-0.25, -0.2) is 0 Å². The van der Waals surface area contributed by atoms with Gasteiger partial charge in [0.2, 0.25) is 0 Å². The normalized spacial score (nSPS) is 14.4. The van der Waals surface area contributed by atoms with E-state index in [1.54, 1.807) is 0 Å². The summed E-state index contributed by atoms with van der Waals surface area (Å²) in [5, 5.41) is 12.0. The fraction of sp³-hybridized carbons (Fsp3) is 1.00. The smallest absolute Gasteiger partial charge is 0.389 e. The van der Waals surface area contributed by atoms with Crippen LogP contribution in [0.3, 0.4) is 0 Å². The molecule has 0 aromatic heterocycles. The highest BCUT2D eigenvalue weighted by Gasteiger charge is 2.25. The minimum absolute atomic E-state index is 0.0718. The Morgan fingerprint density at radius 2 is 2.00 bits per heavy atom. The van der Waals surface area contributed by atoms with E-state index in [0.29, 0.717) is 19.5 Å². The molecule has 1 atom stereocenters. The van der Waals surface area contributed by atoms with Gasteiger partial charge in [-0.1, -0.05) is 13.3 Å². The Kier molecular flexibility index (Phi) is 6.92. The van der Waals surface area contributed by atoms with Gasteiger partial charge in [-0.05, 0) is 19.4 Å². The van der Waals surface area contributed by atoms with Crippen molar-refractivity contribution in [3.63, 3.8) is 0 Å². The quantitative estimate of drug-likeness (QED) is 0.634. The molecule has 0 radical (unpaired) electrons. The number of hydrogen-bond donors (Lipinski definition) is 2. The Bertz CT molecular complexity index is 139. The summed E-state index contributed by atoms with van der Waals surface area (Å²) in [6, 6.07) is 0. The molecule has 0 rings (SSSR count). The molecular formula is C9H18F3NO. The molecule has 0 fully saturated rings. The van der Waals surface area contributed by atoms with Gasteiger partial charge < -0.3 is 10.4 Å². The van der Waals surface area contributed by atoms with E-state index in [9.17, 15) is 18.3 Å². The summed E-state index contributed by atoms with van der Waals surface area (Å²) in [5.74, 6) is 0. The molecule has 86 valence electrons. The van der Waals surface area contributed by atoms with Crippen molar-refractivity contribution in [2.24, 2.45) is 0 Å². The molecule has 0 heterocycles. The molecule has 0 saturated carbocycles. The zero-order valence-corrected chi connectivity index (χ0v) is 8.40. The van der Waals surface area contributed by atoms with Gasteiger partial charge in [0.1, 0.15) is 0 Å². The summed E-state index contributed by atoms with van der Waals surface area (Å²) in [5.41, 5.74) is 0. The molecular weight excluding hydrogens is 195 g/mol. The Morgan fingerprint density at radius 3 is 2.50 bits per heavy atom. The number of alkyl halides is 3. The maximum absolute atomic E-state index is 11.7. The van der Waals surface area contributed by atoms with Crippen molar-refractivity contribution >= 4 is 0 Å². The fourth-order valence-electron chi connectivity index (χ4n) is 1.12. The molecule has 0 aromatic rings. The van der Waals surface area contributed by atoms with E-state index in [0.717, 1.165) is 6.42 Å². The van der Waals surface area contributed by atoms with Crippen molar-refractivity contribution in [2.45, 2.75) is 44.9 Å². The standard InChI is InChI=1S/C9H18F3NO/c1-2-4-8(14)7-13-6-3-5-9(10,11)12/h8,13-14H,2-7H2,1H3. The van der Waals surface area contributed by atoms with Crippen LogP contribution in [-0.2, 0) is 0 Å². The molecule has 2 N–H and O–H groups in total. The molecule has 0 saturated heterocycles. The van der Waals surface area contributed by atoms with Crippen molar-refractivity contribution in [1.82, 2.24) is 5.32 Å². The lowest BCUT2D eigenvalue weighted by molar-refractivity contribution is -0.135. The van der Waals surface area contributed by atoms with Gasteiger partial charge in [0.25, 0.3) is 0 Å². The Labute approximate surface area is 82.5 Å². The number of rotatable bonds is 7. The molecule has 0 aromatic carbocycles. The fourth-order valence-corrected chi connectivity index (χ4v) is 1.12. The number of hydrogen-bond acceptors (Lipinski definition) is 2. The van der Waals surface area contributed by atoms with Crippen LogP contribution < -0.4 is 5.32 Å². The van der Waals surface area contributed by atoms with Gasteiger partial charge >= 0.3 is 6.18 Å². The van der Waals surface area contributed by atoms with Crippen molar-refractivity contribution < 1.29 is 18.3 Å². The molecule has 0 spiro atoms. The van der Waals surface area contributed by atoms with E-state index in [2.05, 4.69) is 5.32 Å². The molecule has 0 aliphatic heterocycles. The van der Waals surface area contributed by atoms with Crippen LogP contribution in [0.4, 0.5) is 13.2 Å². The van der Waals surface area contributed by atoms with Gasteiger partial charge in [-0.15, -0.1) is 0 Å². The largest absolute Gasteiger partial charge is 0.392 e. The predicted molar refractivity (Wildman–Crippen MR) is 49.1 cm³/mol. The highest BCUT2D eigenvalue weighted by atomic mass is 19.4.